The highest BCUT2D eigenvalue weighted by atomic mass is 16.4. The van der Waals surface area contributed by atoms with Gasteiger partial charge in [-0.1, -0.05) is 76.8 Å². The smallest absolute Gasteiger partial charge is 0.0570 e. The largest absolute Gasteiger partial charge is 0.411 e. The standard InChI is InChI=1S/C16H33NO/c1-3-5-7-8-9-10-11-12-13-15-16(17-18)14-6-4-2/h18H,3-15H2,1-2H3. The van der Waals surface area contributed by atoms with E-state index in [1.54, 1.807) is 0 Å². The highest BCUT2D eigenvalue weighted by molar-refractivity contribution is 5.83. The van der Waals surface area contributed by atoms with Crippen LogP contribution in [-0.2, 0) is 0 Å². The van der Waals surface area contributed by atoms with Gasteiger partial charge in [0, 0.05) is 0 Å². The van der Waals surface area contributed by atoms with Gasteiger partial charge in [-0.15, -0.1) is 0 Å². The Balaban J connectivity index is 3.23. The normalized spacial score (nSPS) is 12.0. The Labute approximate surface area is 114 Å². The zero-order valence-corrected chi connectivity index (χ0v) is 12.6. The van der Waals surface area contributed by atoms with Gasteiger partial charge in [0.15, 0.2) is 0 Å². The van der Waals surface area contributed by atoms with E-state index in [2.05, 4.69) is 19.0 Å². The summed E-state index contributed by atoms with van der Waals surface area (Å²) in [6.45, 7) is 4.44. The molecule has 0 saturated heterocycles. The van der Waals surface area contributed by atoms with Crippen LogP contribution in [0.5, 0.6) is 0 Å². The molecule has 18 heavy (non-hydrogen) atoms. The molecule has 0 aliphatic rings. The van der Waals surface area contributed by atoms with Gasteiger partial charge in [0.1, 0.15) is 0 Å². The first-order chi connectivity index (χ1) is 8.85. The van der Waals surface area contributed by atoms with Gasteiger partial charge in [0.25, 0.3) is 0 Å². The fourth-order valence-corrected chi connectivity index (χ4v) is 2.25. The minimum Gasteiger partial charge on any atom is -0.411 e. The van der Waals surface area contributed by atoms with Crippen molar-refractivity contribution in [2.45, 2.75) is 97.3 Å². The second-order valence-electron chi connectivity index (χ2n) is 5.35. The van der Waals surface area contributed by atoms with Crippen molar-refractivity contribution in [2.24, 2.45) is 5.16 Å². The maximum Gasteiger partial charge on any atom is 0.0570 e. The molecule has 0 aliphatic carbocycles. The molecule has 108 valence electrons. The Morgan fingerprint density at radius 1 is 0.667 bits per heavy atom. The summed E-state index contributed by atoms with van der Waals surface area (Å²) in [5.41, 5.74) is 1.000. The molecule has 0 amide bonds. The lowest BCUT2D eigenvalue weighted by atomic mass is 10.0. The monoisotopic (exact) mass is 255 g/mol. The lowest BCUT2D eigenvalue weighted by molar-refractivity contribution is 0.315. The summed E-state index contributed by atoms with van der Waals surface area (Å²) >= 11 is 0. The molecule has 0 bridgehead atoms. The van der Waals surface area contributed by atoms with Crippen molar-refractivity contribution in [3.8, 4) is 0 Å². The molecule has 0 aliphatic heterocycles. The van der Waals surface area contributed by atoms with Gasteiger partial charge in [0.05, 0.1) is 5.71 Å². The topological polar surface area (TPSA) is 32.6 Å². The van der Waals surface area contributed by atoms with Gasteiger partial charge < -0.3 is 5.21 Å². The number of hydrogen-bond donors (Lipinski definition) is 1. The number of rotatable bonds is 13. The Bertz CT molecular complexity index is 190. The first-order valence-electron chi connectivity index (χ1n) is 8.04. The van der Waals surface area contributed by atoms with Gasteiger partial charge in [-0.05, 0) is 25.7 Å². The molecule has 1 N–H and O–H groups in total. The second-order valence-corrected chi connectivity index (χ2v) is 5.35. The average molecular weight is 255 g/mol. The molecule has 0 aromatic heterocycles. The van der Waals surface area contributed by atoms with Gasteiger partial charge in [-0.2, -0.15) is 0 Å². The zero-order valence-electron chi connectivity index (χ0n) is 12.6. The zero-order chi connectivity index (χ0) is 13.5. The first kappa shape index (κ1) is 17.5. The van der Waals surface area contributed by atoms with Crippen LogP contribution in [0.1, 0.15) is 97.3 Å². The molecule has 2 nitrogen and oxygen atoms in total. The quantitative estimate of drug-likeness (QED) is 0.188. The maximum atomic E-state index is 8.86. The van der Waals surface area contributed by atoms with Crippen molar-refractivity contribution in [3.63, 3.8) is 0 Å². The molecule has 0 saturated carbocycles. The van der Waals surface area contributed by atoms with E-state index in [9.17, 15) is 0 Å². The van der Waals surface area contributed by atoms with Crippen molar-refractivity contribution < 1.29 is 5.21 Å². The lowest BCUT2D eigenvalue weighted by Gasteiger charge is -2.04. The van der Waals surface area contributed by atoms with Crippen LogP contribution in [-0.4, -0.2) is 10.9 Å². The first-order valence-corrected chi connectivity index (χ1v) is 8.04. The summed E-state index contributed by atoms with van der Waals surface area (Å²) in [7, 11) is 0. The number of nitrogens with zero attached hydrogens (tertiary/aromatic N) is 1. The maximum absolute atomic E-state index is 8.86. The van der Waals surface area contributed by atoms with E-state index in [-0.39, 0.29) is 0 Å². The van der Waals surface area contributed by atoms with E-state index >= 15 is 0 Å². The molecule has 0 unspecified atom stereocenters. The summed E-state index contributed by atoms with van der Waals surface area (Å²) < 4.78 is 0. The summed E-state index contributed by atoms with van der Waals surface area (Å²) in [6.07, 6.45) is 16.5. The highest BCUT2D eigenvalue weighted by Crippen LogP contribution is 2.12. The van der Waals surface area contributed by atoms with E-state index < -0.39 is 0 Å². The van der Waals surface area contributed by atoms with Crippen LogP contribution in [0.2, 0.25) is 0 Å². The number of hydrogen-bond acceptors (Lipinski definition) is 2. The molecular weight excluding hydrogens is 222 g/mol. The van der Waals surface area contributed by atoms with Gasteiger partial charge in [-0.3, -0.25) is 0 Å². The van der Waals surface area contributed by atoms with Crippen LogP contribution in [0, 0.1) is 0 Å². The second kappa shape index (κ2) is 14.5. The molecule has 0 fully saturated rings. The Morgan fingerprint density at radius 2 is 1.11 bits per heavy atom. The fraction of sp³-hybridized carbons (Fsp3) is 0.938. The van der Waals surface area contributed by atoms with E-state index in [1.807, 2.05) is 0 Å². The molecule has 0 aromatic rings. The van der Waals surface area contributed by atoms with Crippen molar-refractivity contribution in [3.05, 3.63) is 0 Å². The SMILES string of the molecule is CCCCCCCCCCCC(CCCC)=NO. The van der Waals surface area contributed by atoms with Crippen molar-refractivity contribution >= 4 is 5.71 Å². The molecule has 0 atom stereocenters. The van der Waals surface area contributed by atoms with Crippen LogP contribution in [0.25, 0.3) is 0 Å². The summed E-state index contributed by atoms with van der Waals surface area (Å²) in [4.78, 5) is 0. The van der Waals surface area contributed by atoms with Gasteiger partial charge >= 0.3 is 0 Å². The summed E-state index contributed by atoms with van der Waals surface area (Å²) in [5.74, 6) is 0. The van der Waals surface area contributed by atoms with Gasteiger partial charge in [0.2, 0.25) is 0 Å². The third-order valence-electron chi connectivity index (χ3n) is 3.53. The molecule has 0 rings (SSSR count). The van der Waals surface area contributed by atoms with E-state index in [0.717, 1.165) is 25.0 Å². The van der Waals surface area contributed by atoms with Crippen molar-refractivity contribution in [1.82, 2.24) is 0 Å². The Hall–Kier alpha value is -0.530. The van der Waals surface area contributed by atoms with Crippen LogP contribution in [0.3, 0.4) is 0 Å². The van der Waals surface area contributed by atoms with Crippen LogP contribution >= 0.6 is 0 Å². The predicted octanol–water partition coefficient (Wildman–Crippen LogP) is 5.93. The Kier molecular flexibility index (Phi) is 14.1. The van der Waals surface area contributed by atoms with E-state index in [1.165, 1.54) is 64.2 Å². The molecule has 0 heterocycles. The lowest BCUT2D eigenvalue weighted by Crippen LogP contribution is -1.98. The minimum absolute atomic E-state index is 0.976. The van der Waals surface area contributed by atoms with Crippen LogP contribution < -0.4 is 0 Å². The fourth-order valence-electron chi connectivity index (χ4n) is 2.25. The third kappa shape index (κ3) is 11.9. The molecule has 2 heteroatoms. The average Bonchev–Trinajstić information content (AvgIpc) is 2.40. The minimum atomic E-state index is 0.976. The number of oxime groups is 1. The van der Waals surface area contributed by atoms with E-state index in [0.29, 0.717) is 0 Å². The van der Waals surface area contributed by atoms with Crippen molar-refractivity contribution in [1.29, 1.82) is 0 Å². The molecular formula is C16H33NO. The third-order valence-corrected chi connectivity index (χ3v) is 3.53. The van der Waals surface area contributed by atoms with Gasteiger partial charge in [-0.25, -0.2) is 0 Å². The van der Waals surface area contributed by atoms with E-state index in [4.69, 9.17) is 5.21 Å². The Morgan fingerprint density at radius 3 is 1.61 bits per heavy atom. The highest BCUT2D eigenvalue weighted by Gasteiger charge is 2.00. The molecule has 0 radical (unpaired) electrons. The summed E-state index contributed by atoms with van der Waals surface area (Å²) in [6, 6.07) is 0. The van der Waals surface area contributed by atoms with Crippen molar-refractivity contribution in [2.75, 3.05) is 0 Å². The summed E-state index contributed by atoms with van der Waals surface area (Å²) in [5, 5.41) is 12.3. The molecule has 0 spiro atoms. The molecule has 0 aromatic carbocycles. The van der Waals surface area contributed by atoms with Crippen LogP contribution in [0.15, 0.2) is 5.16 Å². The number of unbranched alkanes of at least 4 members (excludes halogenated alkanes) is 9. The van der Waals surface area contributed by atoms with Crippen LogP contribution in [0.4, 0.5) is 0 Å². The predicted molar refractivity (Wildman–Crippen MR) is 80.6 cm³/mol.